The predicted molar refractivity (Wildman–Crippen MR) is 86.3 cm³/mol. The van der Waals surface area contributed by atoms with E-state index >= 15 is 0 Å². The second-order valence-electron chi connectivity index (χ2n) is 4.88. The number of carbonyl (C=O) groups excluding carboxylic acids is 2. The molecule has 1 rings (SSSR count). The standard InChI is InChI=1S/C15H20N2O5S/c1-5-7-14(18)22-11(2)15(19)16-12-8-6-9-13(10-12)23(20,21)17(3)4/h5-11H,1-4H3,(H,16,19)/b7-5+. The van der Waals surface area contributed by atoms with E-state index in [2.05, 4.69) is 5.32 Å². The summed E-state index contributed by atoms with van der Waals surface area (Å²) in [6, 6.07) is 5.84. The first-order chi connectivity index (χ1) is 10.7. The molecule has 7 nitrogen and oxygen atoms in total. The normalized spacial score (nSPS) is 13.1. The van der Waals surface area contributed by atoms with Crippen LogP contribution in [0.4, 0.5) is 5.69 Å². The summed E-state index contributed by atoms with van der Waals surface area (Å²) >= 11 is 0. The van der Waals surface area contributed by atoms with Crippen molar-refractivity contribution in [2.75, 3.05) is 19.4 Å². The molecule has 0 aromatic heterocycles. The Balaban J connectivity index is 2.86. The number of sulfonamides is 1. The van der Waals surface area contributed by atoms with E-state index < -0.39 is 28.0 Å². The van der Waals surface area contributed by atoms with E-state index in [4.69, 9.17) is 4.74 Å². The van der Waals surface area contributed by atoms with Crippen LogP contribution in [0, 0.1) is 0 Å². The average Bonchev–Trinajstić information content (AvgIpc) is 2.47. The Kier molecular flexibility index (Phi) is 6.47. The molecule has 0 fully saturated rings. The van der Waals surface area contributed by atoms with Crippen molar-refractivity contribution in [2.24, 2.45) is 0 Å². The number of ether oxygens (including phenoxy) is 1. The van der Waals surface area contributed by atoms with Crippen LogP contribution < -0.4 is 5.32 Å². The molecule has 126 valence electrons. The number of hydrogen-bond acceptors (Lipinski definition) is 5. The lowest BCUT2D eigenvalue weighted by molar-refractivity contribution is -0.148. The molecule has 8 heteroatoms. The minimum Gasteiger partial charge on any atom is -0.449 e. The van der Waals surface area contributed by atoms with E-state index in [0.717, 1.165) is 4.31 Å². The summed E-state index contributed by atoms with van der Waals surface area (Å²) in [5, 5.41) is 2.52. The van der Waals surface area contributed by atoms with Gasteiger partial charge < -0.3 is 10.1 Å². The zero-order valence-corrected chi connectivity index (χ0v) is 14.3. The molecule has 0 aliphatic carbocycles. The Morgan fingerprint density at radius 1 is 1.30 bits per heavy atom. The van der Waals surface area contributed by atoms with Crippen molar-refractivity contribution >= 4 is 27.6 Å². The van der Waals surface area contributed by atoms with Gasteiger partial charge in [-0.1, -0.05) is 12.1 Å². The number of esters is 1. The second-order valence-corrected chi connectivity index (χ2v) is 7.04. The van der Waals surface area contributed by atoms with Gasteiger partial charge in [-0.2, -0.15) is 0 Å². The van der Waals surface area contributed by atoms with E-state index in [-0.39, 0.29) is 4.90 Å². The van der Waals surface area contributed by atoms with Gasteiger partial charge in [0.25, 0.3) is 5.91 Å². The highest BCUT2D eigenvalue weighted by Gasteiger charge is 2.20. The summed E-state index contributed by atoms with van der Waals surface area (Å²) in [7, 11) is -0.754. The summed E-state index contributed by atoms with van der Waals surface area (Å²) in [4.78, 5) is 23.3. The van der Waals surface area contributed by atoms with E-state index in [0.29, 0.717) is 5.69 Å². The third kappa shape index (κ3) is 5.19. The van der Waals surface area contributed by atoms with Crippen LogP contribution in [0.5, 0.6) is 0 Å². The number of nitrogens with zero attached hydrogens (tertiary/aromatic N) is 1. The number of hydrogen-bond donors (Lipinski definition) is 1. The van der Waals surface area contributed by atoms with Crippen molar-refractivity contribution in [2.45, 2.75) is 24.8 Å². The predicted octanol–water partition coefficient (Wildman–Crippen LogP) is 1.38. The van der Waals surface area contributed by atoms with Gasteiger partial charge in [-0.25, -0.2) is 17.5 Å². The fourth-order valence-electron chi connectivity index (χ4n) is 1.59. The van der Waals surface area contributed by atoms with Gasteiger partial charge in [-0.05, 0) is 32.0 Å². The van der Waals surface area contributed by atoms with Gasteiger partial charge >= 0.3 is 5.97 Å². The topological polar surface area (TPSA) is 92.8 Å². The third-order valence-electron chi connectivity index (χ3n) is 2.85. The van der Waals surface area contributed by atoms with Crippen molar-refractivity contribution in [3.63, 3.8) is 0 Å². The number of benzene rings is 1. The SMILES string of the molecule is C/C=C/C(=O)OC(C)C(=O)Nc1cccc(S(=O)(=O)N(C)C)c1. The molecule has 0 aliphatic rings. The Bertz CT molecular complexity index is 710. The van der Waals surface area contributed by atoms with Crippen molar-refractivity contribution in [1.29, 1.82) is 0 Å². The van der Waals surface area contributed by atoms with Gasteiger partial charge in [0.2, 0.25) is 10.0 Å². The summed E-state index contributed by atoms with van der Waals surface area (Å²) in [6.45, 7) is 3.08. The van der Waals surface area contributed by atoms with Crippen LogP contribution in [0.15, 0.2) is 41.3 Å². The lowest BCUT2D eigenvalue weighted by Crippen LogP contribution is -2.29. The maximum Gasteiger partial charge on any atom is 0.331 e. The number of rotatable bonds is 6. The third-order valence-corrected chi connectivity index (χ3v) is 4.66. The average molecular weight is 340 g/mol. The first-order valence-electron chi connectivity index (χ1n) is 6.85. The van der Waals surface area contributed by atoms with E-state index in [1.165, 1.54) is 51.4 Å². The number of amides is 1. The molecule has 0 saturated carbocycles. The fourth-order valence-corrected chi connectivity index (χ4v) is 2.54. The first-order valence-corrected chi connectivity index (χ1v) is 8.29. The maximum absolute atomic E-state index is 12.1. The number of allylic oxidation sites excluding steroid dienone is 1. The molecule has 0 aliphatic heterocycles. The molecule has 1 amide bonds. The van der Waals surface area contributed by atoms with Crippen LogP contribution in [0.25, 0.3) is 0 Å². The molecule has 1 unspecified atom stereocenters. The number of anilines is 1. The lowest BCUT2D eigenvalue weighted by atomic mass is 10.3. The molecule has 0 saturated heterocycles. The molecule has 1 N–H and O–H groups in total. The van der Waals surface area contributed by atoms with Crippen LogP contribution in [-0.2, 0) is 24.3 Å². The zero-order chi connectivity index (χ0) is 17.6. The van der Waals surface area contributed by atoms with Crippen molar-refractivity contribution < 1.29 is 22.7 Å². The van der Waals surface area contributed by atoms with Gasteiger partial charge in [-0.3, -0.25) is 4.79 Å². The maximum atomic E-state index is 12.1. The zero-order valence-electron chi connectivity index (χ0n) is 13.4. The smallest absolute Gasteiger partial charge is 0.331 e. The highest BCUT2D eigenvalue weighted by atomic mass is 32.2. The Labute approximate surface area is 136 Å². The molecule has 23 heavy (non-hydrogen) atoms. The molecule has 0 spiro atoms. The van der Waals surface area contributed by atoms with Gasteiger partial charge in [-0.15, -0.1) is 0 Å². The van der Waals surface area contributed by atoms with E-state index in [1.807, 2.05) is 0 Å². The van der Waals surface area contributed by atoms with Crippen LogP contribution in [0.3, 0.4) is 0 Å². The fraction of sp³-hybridized carbons (Fsp3) is 0.333. The second kappa shape index (κ2) is 7.89. The molecule has 1 aromatic carbocycles. The Hall–Kier alpha value is -2.19. The van der Waals surface area contributed by atoms with Gasteiger partial charge in [0, 0.05) is 25.9 Å². The van der Waals surface area contributed by atoms with Crippen LogP contribution in [0.2, 0.25) is 0 Å². The minimum atomic E-state index is -3.59. The summed E-state index contributed by atoms with van der Waals surface area (Å²) < 4.78 is 30.1. The summed E-state index contributed by atoms with van der Waals surface area (Å²) in [6.07, 6.45) is 1.70. The van der Waals surface area contributed by atoms with Crippen molar-refractivity contribution in [1.82, 2.24) is 4.31 Å². The molecular weight excluding hydrogens is 320 g/mol. The Morgan fingerprint density at radius 3 is 2.52 bits per heavy atom. The van der Waals surface area contributed by atoms with Crippen molar-refractivity contribution in [3.8, 4) is 0 Å². The molecule has 0 heterocycles. The molecular formula is C15H20N2O5S. The molecule has 1 atom stereocenters. The summed E-state index contributed by atoms with van der Waals surface area (Å²) in [5.74, 6) is -1.18. The molecule has 1 aromatic rings. The number of nitrogens with one attached hydrogen (secondary N) is 1. The highest BCUT2D eigenvalue weighted by Crippen LogP contribution is 2.18. The van der Waals surface area contributed by atoms with E-state index in [1.54, 1.807) is 13.0 Å². The molecule has 0 bridgehead atoms. The van der Waals surface area contributed by atoms with Gasteiger partial charge in [0.15, 0.2) is 6.10 Å². The first kappa shape index (κ1) is 18.9. The Morgan fingerprint density at radius 2 is 1.96 bits per heavy atom. The van der Waals surface area contributed by atoms with Gasteiger partial charge in [0.05, 0.1) is 4.90 Å². The minimum absolute atomic E-state index is 0.0545. The highest BCUT2D eigenvalue weighted by molar-refractivity contribution is 7.89. The lowest BCUT2D eigenvalue weighted by Gasteiger charge is -2.14. The van der Waals surface area contributed by atoms with Crippen molar-refractivity contribution in [3.05, 3.63) is 36.4 Å². The van der Waals surface area contributed by atoms with Crippen LogP contribution >= 0.6 is 0 Å². The number of carbonyl (C=O) groups is 2. The summed E-state index contributed by atoms with van der Waals surface area (Å²) in [5.41, 5.74) is 0.298. The van der Waals surface area contributed by atoms with E-state index in [9.17, 15) is 18.0 Å². The van der Waals surface area contributed by atoms with Crippen LogP contribution in [0.1, 0.15) is 13.8 Å². The molecule has 0 radical (unpaired) electrons. The quantitative estimate of drug-likeness (QED) is 0.624. The largest absolute Gasteiger partial charge is 0.449 e. The van der Waals surface area contributed by atoms with Crippen LogP contribution in [-0.4, -0.2) is 44.8 Å². The van der Waals surface area contributed by atoms with Gasteiger partial charge in [0.1, 0.15) is 0 Å². The monoisotopic (exact) mass is 340 g/mol.